The van der Waals surface area contributed by atoms with E-state index in [1.807, 2.05) is 12.1 Å². The number of hydrogen-bond donors (Lipinski definition) is 2. The Bertz CT molecular complexity index is 692. The highest BCUT2D eigenvalue weighted by Gasteiger charge is 2.40. The molecule has 2 fully saturated rings. The number of H-pyrrole nitrogens is 1. The Balaban J connectivity index is 1.39. The summed E-state index contributed by atoms with van der Waals surface area (Å²) in [6.07, 6.45) is 3.20. The molecule has 1 heterocycles. The van der Waals surface area contributed by atoms with Crippen molar-refractivity contribution in [1.29, 1.82) is 0 Å². The first kappa shape index (κ1) is 12.6. The molecule has 0 radical (unpaired) electrons. The van der Waals surface area contributed by atoms with Gasteiger partial charge in [-0.25, -0.2) is 4.39 Å². The maximum absolute atomic E-state index is 13.2. The van der Waals surface area contributed by atoms with E-state index in [0.717, 1.165) is 17.7 Å². The summed E-state index contributed by atoms with van der Waals surface area (Å²) in [5.74, 6) is 0.388. The van der Waals surface area contributed by atoms with Gasteiger partial charge in [-0.2, -0.15) is 5.10 Å². The third-order valence-corrected chi connectivity index (χ3v) is 4.23. The summed E-state index contributed by atoms with van der Waals surface area (Å²) in [5, 5.41) is 9.97. The smallest absolute Gasteiger partial charge is 0.272 e. The minimum Gasteiger partial charge on any atom is -0.347 e. The Hall–Kier alpha value is -2.17. The number of rotatable bonds is 4. The fraction of sp³-hybridized carbons (Fsp3) is 0.375. The lowest BCUT2D eigenvalue weighted by Crippen LogP contribution is -2.26. The second-order valence-electron chi connectivity index (χ2n) is 5.96. The molecule has 0 bridgehead atoms. The monoisotopic (exact) mass is 285 g/mol. The van der Waals surface area contributed by atoms with Gasteiger partial charge in [-0.1, -0.05) is 12.1 Å². The molecule has 5 heteroatoms. The number of nitrogens with one attached hydrogen (secondary N) is 2. The van der Waals surface area contributed by atoms with E-state index < -0.39 is 0 Å². The topological polar surface area (TPSA) is 57.8 Å². The summed E-state index contributed by atoms with van der Waals surface area (Å²) >= 11 is 0. The van der Waals surface area contributed by atoms with Crippen LogP contribution in [0.15, 0.2) is 30.3 Å². The van der Waals surface area contributed by atoms with Gasteiger partial charge in [0.05, 0.1) is 0 Å². The van der Waals surface area contributed by atoms with Gasteiger partial charge in [-0.15, -0.1) is 0 Å². The van der Waals surface area contributed by atoms with Crippen molar-refractivity contribution in [3.05, 3.63) is 53.1 Å². The number of carbonyl (C=O) groups excluding carboxylic acids is 1. The molecule has 0 aliphatic heterocycles. The normalized spacial score (nSPS) is 23.9. The average molecular weight is 285 g/mol. The van der Waals surface area contributed by atoms with Crippen LogP contribution in [0, 0.1) is 5.82 Å². The maximum Gasteiger partial charge on any atom is 0.272 e. The Morgan fingerprint density at radius 1 is 1.33 bits per heavy atom. The number of halogens is 1. The van der Waals surface area contributed by atoms with Crippen molar-refractivity contribution < 1.29 is 9.18 Å². The molecular weight excluding hydrogens is 269 g/mol. The maximum atomic E-state index is 13.2. The lowest BCUT2D eigenvalue weighted by atomic mass is 10.1. The van der Waals surface area contributed by atoms with Gasteiger partial charge in [0.1, 0.15) is 11.5 Å². The van der Waals surface area contributed by atoms with Crippen LogP contribution in [0.3, 0.4) is 0 Å². The fourth-order valence-corrected chi connectivity index (χ4v) is 2.76. The molecule has 1 aromatic carbocycles. The number of carbonyl (C=O) groups is 1. The molecule has 1 aromatic heterocycles. The van der Waals surface area contributed by atoms with Crippen LogP contribution < -0.4 is 5.32 Å². The van der Waals surface area contributed by atoms with Crippen molar-refractivity contribution in [1.82, 2.24) is 15.5 Å². The van der Waals surface area contributed by atoms with Crippen molar-refractivity contribution in [2.24, 2.45) is 0 Å². The van der Waals surface area contributed by atoms with Crippen LogP contribution in [0.1, 0.15) is 52.8 Å². The third kappa shape index (κ3) is 2.55. The predicted molar refractivity (Wildman–Crippen MR) is 75.6 cm³/mol. The van der Waals surface area contributed by atoms with E-state index in [1.165, 1.54) is 25.0 Å². The highest BCUT2D eigenvalue weighted by molar-refractivity contribution is 5.92. The van der Waals surface area contributed by atoms with Crippen LogP contribution in [-0.4, -0.2) is 22.1 Å². The molecule has 2 unspecified atom stereocenters. The molecule has 2 N–H and O–H groups in total. The number of hydrogen-bond acceptors (Lipinski definition) is 2. The number of amides is 1. The van der Waals surface area contributed by atoms with Crippen LogP contribution in [0.25, 0.3) is 0 Å². The van der Waals surface area contributed by atoms with Crippen molar-refractivity contribution >= 4 is 5.91 Å². The Kier molecular flexibility index (Phi) is 2.80. The highest BCUT2D eigenvalue weighted by atomic mass is 19.1. The lowest BCUT2D eigenvalue weighted by molar-refractivity contribution is 0.0945. The van der Waals surface area contributed by atoms with Crippen molar-refractivity contribution in [2.75, 3.05) is 0 Å². The molecule has 4 rings (SSSR count). The van der Waals surface area contributed by atoms with Gasteiger partial charge in [0.25, 0.3) is 5.91 Å². The molecule has 2 atom stereocenters. The van der Waals surface area contributed by atoms with Crippen molar-refractivity contribution in [3.63, 3.8) is 0 Å². The number of benzene rings is 1. The minimum absolute atomic E-state index is 0.0837. The van der Waals surface area contributed by atoms with E-state index in [0.29, 0.717) is 11.6 Å². The summed E-state index contributed by atoms with van der Waals surface area (Å²) in [6, 6.07) is 8.50. The number of aromatic nitrogens is 2. The lowest BCUT2D eigenvalue weighted by Gasteiger charge is -2.03. The standard InChI is InChI=1S/C16H16FN3O/c17-11-3-1-2-10(6-11)12-7-14(12)18-16(21)15-8-13(19-20-15)9-4-5-9/h1-3,6,8-9,12,14H,4-5,7H2,(H,18,21)(H,19,20). The van der Waals surface area contributed by atoms with Crippen LogP contribution in [0.2, 0.25) is 0 Å². The first-order valence-electron chi connectivity index (χ1n) is 7.32. The molecule has 2 aliphatic carbocycles. The second-order valence-corrected chi connectivity index (χ2v) is 5.96. The molecule has 1 amide bonds. The van der Waals surface area contributed by atoms with Gasteiger partial charge < -0.3 is 5.32 Å². The zero-order chi connectivity index (χ0) is 14.4. The van der Waals surface area contributed by atoms with Crippen LogP contribution in [-0.2, 0) is 0 Å². The summed E-state index contributed by atoms with van der Waals surface area (Å²) in [4.78, 5) is 12.1. The van der Waals surface area contributed by atoms with Crippen LogP contribution in [0.5, 0.6) is 0 Å². The molecule has 2 aliphatic rings. The minimum atomic E-state index is -0.231. The highest BCUT2D eigenvalue weighted by Crippen LogP contribution is 2.41. The van der Waals surface area contributed by atoms with Gasteiger partial charge in [-0.05, 0) is 43.0 Å². The van der Waals surface area contributed by atoms with Gasteiger partial charge >= 0.3 is 0 Å². The fourth-order valence-electron chi connectivity index (χ4n) is 2.76. The first-order valence-corrected chi connectivity index (χ1v) is 7.32. The Morgan fingerprint density at radius 3 is 2.95 bits per heavy atom. The Labute approximate surface area is 121 Å². The summed E-state index contributed by atoms with van der Waals surface area (Å²) in [7, 11) is 0. The van der Waals surface area contributed by atoms with Crippen LogP contribution >= 0.6 is 0 Å². The third-order valence-electron chi connectivity index (χ3n) is 4.23. The van der Waals surface area contributed by atoms with E-state index in [2.05, 4.69) is 15.5 Å². The molecule has 2 aromatic rings. The van der Waals surface area contributed by atoms with Crippen molar-refractivity contribution in [3.8, 4) is 0 Å². The average Bonchev–Trinajstić information content (AvgIpc) is 3.39. The van der Waals surface area contributed by atoms with Crippen molar-refractivity contribution in [2.45, 2.75) is 37.1 Å². The van der Waals surface area contributed by atoms with E-state index >= 15 is 0 Å². The van der Waals surface area contributed by atoms with E-state index in [1.54, 1.807) is 6.07 Å². The predicted octanol–water partition coefficient (Wildman–Crippen LogP) is 2.71. The molecule has 4 nitrogen and oxygen atoms in total. The molecule has 0 saturated heterocycles. The molecular formula is C16H16FN3O. The molecule has 21 heavy (non-hydrogen) atoms. The SMILES string of the molecule is O=C(NC1CC1c1cccc(F)c1)c1cc(C2CC2)[nH]n1. The van der Waals surface area contributed by atoms with E-state index in [9.17, 15) is 9.18 Å². The van der Waals surface area contributed by atoms with Gasteiger partial charge in [0, 0.05) is 23.6 Å². The number of nitrogens with zero attached hydrogens (tertiary/aromatic N) is 1. The molecule has 108 valence electrons. The molecule has 2 saturated carbocycles. The number of aromatic amines is 1. The molecule has 0 spiro atoms. The zero-order valence-corrected chi connectivity index (χ0v) is 11.5. The van der Waals surface area contributed by atoms with Gasteiger partial charge in [-0.3, -0.25) is 9.89 Å². The van der Waals surface area contributed by atoms with E-state index in [4.69, 9.17) is 0 Å². The quantitative estimate of drug-likeness (QED) is 0.907. The first-order chi connectivity index (χ1) is 10.2. The van der Waals surface area contributed by atoms with Crippen LogP contribution in [0.4, 0.5) is 4.39 Å². The summed E-state index contributed by atoms with van der Waals surface area (Å²) in [6.45, 7) is 0. The van der Waals surface area contributed by atoms with E-state index in [-0.39, 0.29) is 23.7 Å². The Morgan fingerprint density at radius 2 is 2.19 bits per heavy atom. The summed E-state index contributed by atoms with van der Waals surface area (Å²) in [5.41, 5.74) is 2.44. The largest absolute Gasteiger partial charge is 0.347 e. The van der Waals surface area contributed by atoms with Gasteiger partial charge in [0.15, 0.2) is 0 Å². The second kappa shape index (κ2) is 4.69. The summed E-state index contributed by atoms with van der Waals surface area (Å²) < 4.78 is 13.2. The zero-order valence-electron chi connectivity index (χ0n) is 11.5. The van der Waals surface area contributed by atoms with Gasteiger partial charge in [0.2, 0.25) is 0 Å².